The highest BCUT2D eigenvalue weighted by Gasteiger charge is 2.21. The number of β-amino-alcohol motifs (C(OH)–C–C–N with tert-alkyl or cyclic N) is 1. The molecule has 2 fully saturated rings. The van der Waals surface area contributed by atoms with Gasteiger partial charge in [-0.1, -0.05) is 30.2 Å². The number of amides is 1. The Hall–Kier alpha value is -2.19. The van der Waals surface area contributed by atoms with E-state index < -0.39 is 0 Å². The SMILES string of the molecule is O=C(Nc1ccc(N2CCCN(CC(O)CN3CCCCC3)CC2)nc1)c1ccccc1Cl. The van der Waals surface area contributed by atoms with Crippen LogP contribution < -0.4 is 10.2 Å². The van der Waals surface area contributed by atoms with Crippen molar-refractivity contribution in [1.29, 1.82) is 0 Å². The van der Waals surface area contributed by atoms with Gasteiger partial charge < -0.3 is 20.2 Å². The zero-order valence-corrected chi connectivity index (χ0v) is 19.9. The van der Waals surface area contributed by atoms with Crippen molar-refractivity contribution in [3.63, 3.8) is 0 Å². The molecule has 33 heavy (non-hydrogen) atoms. The average Bonchev–Trinajstić information content (AvgIpc) is 3.06. The molecule has 2 saturated heterocycles. The van der Waals surface area contributed by atoms with Crippen molar-refractivity contribution in [2.24, 2.45) is 0 Å². The number of carbonyl (C=O) groups excluding carboxylic acids is 1. The number of carbonyl (C=O) groups is 1. The van der Waals surface area contributed by atoms with Gasteiger partial charge in [-0.15, -0.1) is 0 Å². The summed E-state index contributed by atoms with van der Waals surface area (Å²) in [6, 6.07) is 10.8. The number of anilines is 2. The Bertz CT molecular complexity index is 904. The van der Waals surface area contributed by atoms with Gasteiger partial charge in [-0.2, -0.15) is 0 Å². The molecule has 2 aliphatic heterocycles. The van der Waals surface area contributed by atoms with Crippen LogP contribution in [0.4, 0.5) is 11.5 Å². The topological polar surface area (TPSA) is 71.9 Å². The largest absolute Gasteiger partial charge is 0.390 e. The molecule has 0 saturated carbocycles. The molecule has 4 rings (SSSR count). The van der Waals surface area contributed by atoms with Crippen molar-refractivity contribution in [3.05, 3.63) is 53.2 Å². The molecule has 1 amide bonds. The second kappa shape index (κ2) is 11.8. The highest BCUT2D eigenvalue weighted by atomic mass is 35.5. The van der Waals surface area contributed by atoms with Crippen LogP contribution in [0.5, 0.6) is 0 Å². The van der Waals surface area contributed by atoms with Gasteiger partial charge in [0.05, 0.1) is 28.6 Å². The van der Waals surface area contributed by atoms with E-state index in [9.17, 15) is 9.90 Å². The number of rotatable bonds is 7. The molecule has 2 aromatic rings. The van der Waals surface area contributed by atoms with Crippen molar-refractivity contribution in [2.45, 2.75) is 31.8 Å². The summed E-state index contributed by atoms with van der Waals surface area (Å²) in [5, 5.41) is 13.9. The molecular formula is C25H34ClN5O2. The molecule has 7 nitrogen and oxygen atoms in total. The number of hydrogen-bond acceptors (Lipinski definition) is 6. The fourth-order valence-corrected chi connectivity index (χ4v) is 4.89. The van der Waals surface area contributed by atoms with Crippen LogP contribution in [0.15, 0.2) is 42.6 Å². The standard InChI is InChI=1S/C25H34ClN5O2/c26-23-8-3-2-7-22(23)25(33)28-20-9-10-24(27-17-20)31-14-6-13-30(15-16-31)19-21(32)18-29-11-4-1-5-12-29/h2-3,7-10,17,21,32H,1,4-6,11-16,18-19H2,(H,28,33). The molecule has 1 aromatic carbocycles. The van der Waals surface area contributed by atoms with Gasteiger partial charge in [-0.3, -0.25) is 9.69 Å². The maximum atomic E-state index is 12.5. The Morgan fingerprint density at radius 2 is 1.67 bits per heavy atom. The van der Waals surface area contributed by atoms with Gasteiger partial charge in [0.2, 0.25) is 0 Å². The van der Waals surface area contributed by atoms with E-state index in [0.29, 0.717) is 16.3 Å². The number of pyridine rings is 1. The summed E-state index contributed by atoms with van der Waals surface area (Å²) in [6.45, 7) is 7.43. The minimum absolute atomic E-state index is 0.247. The minimum Gasteiger partial charge on any atom is -0.390 e. The number of hydrogen-bond donors (Lipinski definition) is 2. The summed E-state index contributed by atoms with van der Waals surface area (Å²) in [7, 11) is 0. The van der Waals surface area contributed by atoms with Crippen LogP contribution in [-0.4, -0.2) is 84.3 Å². The van der Waals surface area contributed by atoms with Crippen LogP contribution in [0.3, 0.4) is 0 Å². The Balaban J connectivity index is 1.26. The van der Waals surface area contributed by atoms with Gasteiger partial charge in [0.25, 0.3) is 5.91 Å². The third kappa shape index (κ3) is 6.90. The molecule has 178 valence electrons. The molecule has 1 unspecified atom stereocenters. The molecule has 0 radical (unpaired) electrons. The molecule has 0 aliphatic carbocycles. The predicted molar refractivity (Wildman–Crippen MR) is 133 cm³/mol. The van der Waals surface area contributed by atoms with Crippen molar-refractivity contribution < 1.29 is 9.90 Å². The molecule has 3 heterocycles. The van der Waals surface area contributed by atoms with Crippen molar-refractivity contribution in [1.82, 2.24) is 14.8 Å². The monoisotopic (exact) mass is 471 g/mol. The van der Waals surface area contributed by atoms with Gasteiger partial charge in [0, 0.05) is 32.7 Å². The van der Waals surface area contributed by atoms with Crippen molar-refractivity contribution in [3.8, 4) is 0 Å². The molecule has 0 spiro atoms. The van der Waals surface area contributed by atoms with E-state index in [-0.39, 0.29) is 12.0 Å². The van der Waals surface area contributed by atoms with Gasteiger partial charge in [-0.05, 0) is 63.2 Å². The lowest BCUT2D eigenvalue weighted by Crippen LogP contribution is -2.43. The number of benzene rings is 1. The van der Waals surface area contributed by atoms with Crippen LogP contribution in [0.2, 0.25) is 5.02 Å². The highest BCUT2D eigenvalue weighted by Crippen LogP contribution is 2.20. The van der Waals surface area contributed by atoms with Gasteiger partial charge in [0.15, 0.2) is 0 Å². The number of piperidine rings is 1. The molecule has 2 aliphatic rings. The molecule has 2 N–H and O–H groups in total. The number of aromatic nitrogens is 1. The second-order valence-corrected chi connectivity index (χ2v) is 9.40. The van der Waals surface area contributed by atoms with Crippen LogP contribution >= 0.6 is 11.6 Å². The van der Waals surface area contributed by atoms with Crippen LogP contribution in [0.25, 0.3) is 0 Å². The first kappa shape index (κ1) is 24.0. The normalized spacial score (nSPS) is 19.2. The summed E-state index contributed by atoms with van der Waals surface area (Å²) in [5.74, 6) is 0.658. The predicted octanol–water partition coefficient (Wildman–Crippen LogP) is 3.35. The first-order chi connectivity index (χ1) is 16.1. The lowest BCUT2D eigenvalue weighted by molar-refractivity contribution is 0.0689. The molecular weight excluding hydrogens is 438 g/mol. The van der Waals surface area contributed by atoms with Gasteiger partial charge in [-0.25, -0.2) is 4.98 Å². The molecule has 8 heteroatoms. The van der Waals surface area contributed by atoms with E-state index in [1.165, 1.54) is 19.3 Å². The minimum atomic E-state index is -0.297. The fraction of sp³-hybridized carbons (Fsp3) is 0.520. The van der Waals surface area contributed by atoms with E-state index in [2.05, 4.69) is 25.0 Å². The third-order valence-electron chi connectivity index (χ3n) is 6.42. The summed E-state index contributed by atoms with van der Waals surface area (Å²) in [4.78, 5) is 24.1. The average molecular weight is 472 g/mol. The van der Waals surface area contributed by atoms with E-state index in [0.717, 1.165) is 64.6 Å². The second-order valence-electron chi connectivity index (χ2n) is 9.00. The van der Waals surface area contributed by atoms with E-state index in [1.807, 2.05) is 12.1 Å². The number of nitrogens with one attached hydrogen (secondary N) is 1. The van der Waals surface area contributed by atoms with Crippen LogP contribution in [0, 0.1) is 0 Å². The summed E-state index contributed by atoms with van der Waals surface area (Å²) in [6.07, 6.45) is 6.24. The lowest BCUT2D eigenvalue weighted by atomic mass is 10.1. The third-order valence-corrected chi connectivity index (χ3v) is 6.75. The first-order valence-electron chi connectivity index (χ1n) is 12.0. The van der Waals surface area contributed by atoms with Crippen molar-refractivity contribution >= 4 is 29.0 Å². The molecule has 0 bridgehead atoms. The highest BCUT2D eigenvalue weighted by molar-refractivity contribution is 6.34. The van der Waals surface area contributed by atoms with E-state index in [4.69, 9.17) is 11.6 Å². The summed E-state index contributed by atoms with van der Waals surface area (Å²) >= 11 is 6.11. The molecule has 1 aromatic heterocycles. The van der Waals surface area contributed by atoms with Gasteiger partial charge >= 0.3 is 0 Å². The van der Waals surface area contributed by atoms with E-state index in [1.54, 1.807) is 30.5 Å². The maximum absolute atomic E-state index is 12.5. The Kier molecular flexibility index (Phi) is 8.56. The quantitative estimate of drug-likeness (QED) is 0.645. The summed E-state index contributed by atoms with van der Waals surface area (Å²) < 4.78 is 0. The number of aliphatic hydroxyl groups excluding tert-OH is 1. The Labute approximate surface area is 201 Å². The van der Waals surface area contributed by atoms with Gasteiger partial charge in [0.1, 0.15) is 5.82 Å². The number of halogens is 1. The number of aliphatic hydroxyl groups is 1. The van der Waals surface area contributed by atoms with Crippen LogP contribution in [0.1, 0.15) is 36.0 Å². The fourth-order valence-electron chi connectivity index (χ4n) is 4.67. The first-order valence-corrected chi connectivity index (χ1v) is 12.4. The Morgan fingerprint density at radius 1 is 0.939 bits per heavy atom. The smallest absolute Gasteiger partial charge is 0.257 e. The zero-order chi connectivity index (χ0) is 23.0. The lowest BCUT2D eigenvalue weighted by Gasteiger charge is -2.30. The maximum Gasteiger partial charge on any atom is 0.257 e. The number of likely N-dealkylation sites (tertiary alicyclic amines) is 1. The molecule has 1 atom stereocenters. The number of nitrogens with zero attached hydrogens (tertiary/aromatic N) is 4. The van der Waals surface area contributed by atoms with E-state index >= 15 is 0 Å². The Morgan fingerprint density at radius 3 is 2.39 bits per heavy atom. The summed E-state index contributed by atoms with van der Waals surface area (Å²) in [5.41, 5.74) is 1.08. The van der Waals surface area contributed by atoms with Crippen molar-refractivity contribution in [2.75, 3.05) is 62.6 Å². The zero-order valence-electron chi connectivity index (χ0n) is 19.1. The van der Waals surface area contributed by atoms with Crippen LogP contribution in [-0.2, 0) is 0 Å².